The number of hydrogen-bond donors (Lipinski definition) is 0. The minimum Gasteiger partial charge on any atom is -0.383 e. The fraction of sp³-hybridized carbons (Fsp3) is 0.571. The van der Waals surface area contributed by atoms with Crippen molar-refractivity contribution in [2.75, 3.05) is 14.1 Å². The summed E-state index contributed by atoms with van der Waals surface area (Å²) in [4.78, 5) is 18.3. The van der Waals surface area contributed by atoms with Crippen LogP contribution in [0.2, 0.25) is 0 Å². The van der Waals surface area contributed by atoms with Crippen molar-refractivity contribution in [3.63, 3.8) is 0 Å². The van der Waals surface area contributed by atoms with Gasteiger partial charge in [0, 0.05) is 39.3 Å². The molecule has 0 N–H and O–H groups in total. The van der Waals surface area contributed by atoms with Crippen molar-refractivity contribution in [1.82, 2.24) is 14.5 Å². The molecule has 1 aliphatic carbocycles. The molecule has 0 spiro atoms. The molecule has 1 saturated carbocycles. The number of carbonyl (C=O) groups is 1. The number of ketones is 1. The van der Waals surface area contributed by atoms with Crippen molar-refractivity contribution >= 4 is 5.78 Å². The van der Waals surface area contributed by atoms with Crippen LogP contribution in [0.25, 0.3) is 0 Å². The molecule has 98 valence electrons. The lowest BCUT2D eigenvalue weighted by Crippen LogP contribution is -2.12. The van der Waals surface area contributed by atoms with Crippen LogP contribution in [0, 0.1) is 5.92 Å². The first kappa shape index (κ1) is 12.9. The lowest BCUT2D eigenvalue weighted by molar-refractivity contribution is 0.103. The van der Waals surface area contributed by atoms with Gasteiger partial charge in [0.2, 0.25) is 5.78 Å². The topological polar surface area (TPSA) is 38.1 Å². The lowest BCUT2D eigenvalue weighted by Gasteiger charge is -2.09. The highest BCUT2D eigenvalue weighted by atomic mass is 16.1. The van der Waals surface area contributed by atoms with Crippen molar-refractivity contribution in [2.45, 2.75) is 32.7 Å². The monoisotopic (exact) mass is 247 g/mol. The Hall–Kier alpha value is -1.58. The van der Waals surface area contributed by atoms with Gasteiger partial charge in [0.15, 0.2) is 0 Å². The van der Waals surface area contributed by atoms with Gasteiger partial charge < -0.3 is 9.47 Å². The van der Waals surface area contributed by atoms with Crippen LogP contribution in [-0.4, -0.2) is 34.3 Å². The molecule has 0 radical (unpaired) electrons. The molecule has 0 bridgehead atoms. The molecule has 1 aliphatic rings. The van der Waals surface area contributed by atoms with Crippen LogP contribution in [0.4, 0.5) is 0 Å². The molecule has 18 heavy (non-hydrogen) atoms. The number of imidazole rings is 1. The Morgan fingerprint density at radius 3 is 2.83 bits per heavy atom. The van der Waals surface area contributed by atoms with Gasteiger partial charge in [-0.3, -0.25) is 4.79 Å². The Morgan fingerprint density at radius 1 is 1.56 bits per heavy atom. The third-order valence-corrected chi connectivity index (χ3v) is 3.17. The molecule has 0 atom stereocenters. The second-order valence-corrected chi connectivity index (χ2v) is 5.11. The van der Waals surface area contributed by atoms with Crippen LogP contribution >= 0.6 is 0 Å². The summed E-state index contributed by atoms with van der Waals surface area (Å²) in [5.41, 5.74) is 0.719. The number of aryl methyl sites for hydroxylation is 1. The highest BCUT2D eigenvalue weighted by Gasteiger charge is 2.25. The molecule has 0 aliphatic heterocycles. The summed E-state index contributed by atoms with van der Waals surface area (Å²) in [6, 6.07) is 0. The molecular weight excluding hydrogens is 226 g/mol. The minimum atomic E-state index is 0.0385. The SMILES string of the molecule is CCc1ncc(C(=O)C=CN(C)C)n1CC1CC1. The van der Waals surface area contributed by atoms with E-state index in [1.807, 2.05) is 19.0 Å². The molecule has 0 saturated heterocycles. The molecular formula is C14H21N3O. The molecule has 1 heterocycles. The van der Waals surface area contributed by atoms with Crippen LogP contribution in [0.15, 0.2) is 18.5 Å². The van der Waals surface area contributed by atoms with Crippen molar-refractivity contribution in [3.8, 4) is 0 Å². The number of aromatic nitrogens is 2. The molecule has 1 aromatic heterocycles. The lowest BCUT2D eigenvalue weighted by atomic mass is 10.2. The summed E-state index contributed by atoms with van der Waals surface area (Å²) in [5.74, 6) is 1.80. The van der Waals surface area contributed by atoms with E-state index < -0.39 is 0 Å². The van der Waals surface area contributed by atoms with E-state index in [9.17, 15) is 4.79 Å². The maximum atomic E-state index is 12.1. The largest absolute Gasteiger partial charge is 0.383 e. The minimum absolute atomic E-state index is 0.0385. The summed E-state index contributed by atoms with van der Waals surface area (Å²) in [6.45, 7) is 3.02. The van der Waals surface area contributed by atoms with E-state index in [4.69, 9.17) is 0 Å². The van der Waals surface area contributed by atoms with Gasteiger partial charge in [0.25, 0.3) is 0 Å². The van der Waals surface area contributed by atoms with E-state index in [2.05, 4.69) is 16.5 Å². The molecule has 4 heteroatoms. The van der Waals surface area contributed by atoms with Gasteiger partial charge >= 0.3 is 0 Å². The first-order chi connectivity index (χ1) is 8.61. The predicted octanol–water partition coefficient (Wildman–Crippen LogP) is 2.11. The van der Waals surface area contributed by atoms with Crippen molar-refractivity contribution in [3.05, 3.63) is 30.0 Å². The van der Waals surface area contributed by atoms with Crippen molar-refractivity contribution in [2.24, 2.45) is 5.92 Å². The van der Waals surface area contributed by atoms with Gasteiger partial charge in [-0.2, -0.15) is 0 Å². The van der Waals surface area contributed by atoms with Crippen molar-refractivity contribution < 1.29 is 4.79 Å². The van der Waals surface area contributed by atoms with Crippen LogP contribution in [0.5, 0.6) is 0 Å². The molecule has 2 rings (SSSR count). The molecule has 4 nitrogen and oxygen atoms in total. The van der Waals surface area contributed by atoms with E-state index in [-0.39, 0.29) is 5.78 Å². The smallest absolute Gasteiger partial charge is 0.205 e. The second-order valence-electron chi connectivity index (χ2n) is 5.11. The zero-order valence-corrected chi connectivity index (χ0v) is 11.4. The summed E-state index contributed by atoms with van der Waals surface area (Å²) < 4.78 is 2.10. The maximum Gasteiger partial charge on any atom is 0.205 e. The van der Waals surface area contributed by atoms with Crippen LogP contribution in [0.3, 0.4) is 0 Å². The quantitative estimate of drug-likeness (QED) is 0.571. The van der Waals surface area contributed by atoms with Crippen molar-refractivity contribution in [1.29, 1.82) is 0 Å². The zero-order valence-electron chi connectivity index (χ0n) is 11.4. The Morgan fingerprint density at radius 2 is 2.28 bits per heavy atom. The zero-order chi connectivity index (χ0) is 13.1. The Kier molecular flexibility index (Phi) is 3.84. The van der Waals surface area contributed by atoms with Gasteiger partial charge in [-0.1, -0.05) is 6.92 Å². The fourth-order valence-corrected chi connectivity index (χ4v) is 1.96. The van der Waals surface area contributed by atoms with E-state index in [0.717, 1.165) is 30.4 Å². The highest BCUT2D eigenvalue weighted by Crippen LogP contribution is 2.31. The first-order valence-corrected chi connectivity index (χ1v) is 6.55. The molecule has 1 aromatic rings. The average Bonchev–Trinajstić information content (AvgIpc) is 3.05. The number of carbonyl (C=O) groups excluding carboxylic acids is 1. The standard InChI is InChI=1S/C14H21N3O/c1-4-14-15-9-12(13(18)7-8-16(2)3)17(14)10-11-5-6-11/h7-9,11H,4-6,10H2,1-3H3. The van der Waals surface area contributed by atoms with Crippen LogP contribution in [-0.2, 0) is 13.0 Å². The molecule has 0 amide bonds. The second kappa shape index (κ2) is 5.38. The van der Waals surface area contributed by atoms with Gasteiger partial charge in [0.1, 0.15) is 11.5 Å². The first-order valence-electron chi connectivity index (χ1n) is 6.55. The molecule has 1 fully saturated rings. The van der Waals surface area contributed by atoms with Gasteiger partial charge in [-0.15, -0.1) is 0 Å². The Bertz CT molecular complexity index is 456. The van der Waals surface area contributed by atoms with E-state index in [1.165, 1.54) is 12.8 Å². The Labute approximate surface area is 108 Å². The highest BCUT2D eigenvalue weighted by molar-refractivity contribution is 6.03. The van der Waals surface area contributed by atoms with Gasteiger partial charge in [0.05, 0.1) is 6.20 Å². The summed E-state index contributed by atoms with van der Waals surface area (Å²) >= 11 is 0. The summed E-state index contributed by atoms with van der Waals surface area (Å²) in [6.07, 6.45) is 8.54. The van der Waals surface area contributed by atoms with E-state index >= 15 is 0 Å². The normalized spacial score (nSPS) is 15.3. The van der Waals surface area contributed by atoms with Crippen LogP contribution < -0.4 is 0 Å². The number of nitrogens with zero attached hydrogens (tertiary/aromatic N) is 3. The number of rotatable bonds is 6. The fourth-order valence-electron chi connectivity index (χ4n) is 1.96. The maximum absolute atomic E-state index is 12.1. The third kappa shape index (κ3) is 3.00. The number of allylic oxidation sites excluding steroid dienone is 1. The molecule has 0 aromatic carbocycles. The Balaban J connectivity index is 2.20. The molecule has 0 unspecified atom stereocenters. The number of hydrogen-bond acceptors (Lipinski definition) is 3. The van der Waals surface area contributed by atoms with E-state index in [0.29, 0.717) is 0 Å². The predicted molar refractivity (Wildman–Crippen MR) is 71.5 cm³/mol. The van der Waals surface area contributed by atoms with Gasteiger partial charge in [-0.05, 0) is 18.8 Å². The summed E-state index contributed by atoms with van der Waals surface area (Å²) in [5, 5.41) is 0. The average molecular weight is 247 g/mol. The van der Waals surface area contributed by atoms with Gasteiger partial charge in [-0.25, -0.2) is 4.98 Å². The van der Waals surface area contributed by atoms with E-state index in [1.54, 1.807) is 18.5 Å². The summed E-state index contributed by atoms with van der Waals surface area (Å²) in [7, 11) is 3.81. The van der Waals surface area contributed by atoms with Crippen LogP contribution in [0.1, 0.15) is 36.1 Å². The third-order valence-electron chi connectivity index (χ3n) is 3.17.